The quantitative estimate of drug-likeness (QED) is 0.588. The Morgan fingerprint density at radius 2 is 2.12 bits per heavy atom. The lowest BCUT2D eigenvalue weighted by atomic mass is 10.2. The van der Waals surface area contributed by atoms with E-state index in [1.807, 2.05) is 24.4 Å². The van der Waals surface area contributed by atoms with Gasteiger partial charge in [-0.05, 0) is 42.6 Å². The summed E-state index contributed by atoms with van der Waals surface area (Å²) in [5.41, 5.74) is 0.876. The number of halogens is 1. The van der Waals surface area contributed by atoms with Gasteiger partial charge in [0.25, 0.3) is 5.91 Å². The topological polar surface area (TPSA) is 71.4 Å². The summed E-state index contributed by atoms with van der Waals surface area (Å²) >= 11 is 9.10. The fourth-order valence-electron chi connectivity index (χ4n) is 3.35. The Kier molecular flexibility index (Phi) is 7.20. The second-order valence-electron chi connectivity index (χ2n) is 7.10. The predicted octanol–water partition coefficient (Wildman–Crippen LogP) is 4.13. The van der Waals surface area contributed by atoms with Crippen molar-refractivity contribution in [3.63, 3.8) is 0 Å². The number of hydrogen-bond acceptors (Lipinski definition) is 7. The first-order valence-electron chi connectivity index (χ1n) is 10.0. The molecule has 0 bridgehead atoms. The molecule has 0 unspecified atom stereocenters. The largest absolute Gasteiger partial charge is 0.495 e. The Labute approximate surface area is 199 Å². The van der Waals surface area contributed by atoms with Gasteiger partial charge in [-0.15, -0.1) is 11.3 Å². The van der Waals surface area contributed by atoms with E-state index >= 15 is 0 Å². The summed E-state index contributed by atoms with van der Waals surface area (Å²) in [5, 5.41) is 2.34. The van der Waals surface area contributed by atoms with Gasteiger partial charge in [-0.2, -0.15) is 0 Å². The molecule has 1 aromatic carbocycles. The van der Waals surface area contributed by atoms with Crippen molar-refractivity contribution in [3.05, 3.63) is 51.3 Å². The number of amides is 2. The molecule has 0 N–H and O–H groups in total. The number of thiophene rings is 1. The lowest BCUT2D eigenvalue weighted by Gasteiger charge is -2.29. The van der Waals surface area contributed by atoms with Gasteiger partial charge in [0.05, 0.1) is 36.3 Å². The standard InChI is InChI=1S/C22H22ClN3O4S2/c1-14(20(27)25-7-9-30-10-8-25)32-22-24-18(13-16-4-3-11-31-16)21(28)26(22)15-5-6-19(29-2)17(23)12-15/h3-6,11-14H,7-10H2,1-2H3/b18-13+/t14-/m0/s1. The highest BCUT2D eigenvalue weighted by molar-refractivity contribution is 8.15. The van der Waals surface area contributed by atoms with Crippen molar-refractivity contribution in [2.24, 2.45) is 4.99 Å². The third kappa shape index (κ3) is 4.85. The minimum Gasteiger partial charge on any atom is -0.495 e. The smallest absolute Gasteiger partial charge is 0.283 e. The van der Waals surface area contributed by atoms with E-state index in [1.165, 1.54) is 35.1 Å². The molecule has 1 saturated heterocycles. The molecular weight excluding hydrogens is 470 g/mol. The van der Waals surface area contributed by atoms with Gasteiger partial charge in [0.1, 0.15) is 11.4 Å². The van der Waals surface area contributed by atoms with Crippen LogP contribution in [0, 0.1) is 0 Å². The monoisotopic (exact) mass is 491 g/mol. The van der Waals surface area contributed by atoms with Crippen LogP contribution in [0.15, 0.2) is 46.4 Å². The first-order chi connectivity index (χ1) is 15.5. The molecule has 0 saturated carbocycles. The summed E-state index contributed by atoms with van der Waals surface area (Å²) < 4.78 is 10.6. The molecule has 32 heavy (non-hydrogen) atoms. The number of rotatable bonds is 5. The predicted molar refractivity (Wildman–Crippen MR) is 130 cm³/mol. The number of nitrogens with zero attached hydrogens (tertiary/aromatic N) is 3. The van der Waals surface area contributed by atoms with Crippen molar-refractivity contribution in [3.8, 4) is 5.75 Å². The molecule has 2 aliphatic heterocycles. The number of carbonyl (C=O) groups excluding carboxylic acids is 2. The molecule has 0 aliphatic carbocycles. The van der Waals surface area contributed by atoms with Crippen LogP contribution < -0.4 is 9.64 Å². The lowest BCUT2D eigenvalue weighted by Crippen LogP contribution is -2.44. The highest BCUT2D eigenvalue weighted by atomic mass is 35.5. The van der Waals surface area contributed by atoms with Crippen LogP contribution in [0.5, 0.6) is 5.75 Å². The van der Waals surface area contributed by atoms with Crippen LogP contribution in [0.4, 0.5) is 5.69 Å². The molecular formula is C22H22ClN3O4S2. The molecule has 1 fully saturated rings. The van der Waals surface area contributed by atoms with Gasteiger partial charge in [0.15, 0.2) is 5.17 Å². The Hall–Kier alpha value is -2.33. The number of thioether (sulfide) groups is 1. The van der Waals surface area contributed by atoms with Gasteiger partial charge in [-0.1, -0.05) is 29.4 Å². The Morgan fingerprint density at radius 3 is 2.78 bits per heavy atom. The Balaban J connectivity index is 1.64. The van der Waals surface area contributed by atoms with Gasteiger partial charge in [-0.3, -0.25) is 14.5 Å². The zero-order valence-electron chi connectivity index (χ0n) is 17.6. The third-order valence-corrected chi connectivity index (χ3v) is 7.15. The molecule has 10 heteroatoms. The second-order valence-corrected chi connectivity index (χ2v) is 9.79. The van der Waals surface area contributed by atoms with E-state index in [9.17, 15) is 9.59 Å². The van der Waals surface area contributed by atoms with Gasteiger partial charge in [-0.25, -0.2) is 4.99 Å². The molecule has 0 radical (unpaired) electrons. The molecule has 7 nitrogen and oxygen atoms in total. The van der Waals surface area contributed by atoms with Gasteiger partial charge in [0, 0.05) is 18.0 Å². The number of hydrogen-bond donors (Lipinski definition) is 0. The van der Waals surface area contributed by atoms with E-state index in [-0.39, 0.29) is 11.8 Å². The number of carbonyl (C=O) groups is 2. The number of aliphatic imine (C=N–C) groups is 1. The number of benzene rings is 1. The molecule has 2 amide bonds. The molecule has 2 aliphatic rings. The van der Waals surface area contributed by atoms with Gasteiger partial charge in [0.2, 0.25) is 5.91 Å². The number of amidine groups is 1. The molecule has 4 rings (SSSR count). The average molecular weight is 492 g/mol. The fraction of sp³-hybridized carbons (Fsp3) is 0.318. The molecule has 168 valence electrons. The van der Waals surface area contributed by atoms with Crippen molar-refractivity contribution in [2.45, 2.75) is 12.2 Å². The van der Waals surface area contributed by atoms with Crippen molar-refractivity contribution >= 4 is 63.4 Å². The van der Waals surface area contributed by atoms with E-state index in [2.05, 4.69) is 4.99 Å². The van der Waals surface area contributed by atoms with Crippen LogP contribution in [0.3, 0.4) is 0 Å². The molecule has 0 spiro atoms. The highest BCUT2D eigenvalue weighted by Gasteiger charge is 2.35. The number of methoxy groups -OCH3 is 1. The maximum absolute atomic E-state index is 13.3. The minimum absolute atomic E-state index is 0.00292. The SMILES string of the molecule is COc1ccc(N2C(=O)/C(=C\c3cccs3)N=C2S[C@@H](C)C(=O)N2CCOCC2)cc1Cl. The summed E-state index contributed by atoms with van der Waals surface area (Å²) in [7, 11) is 1.53. The summed E-state index contributed by atoms with van der Waals surface area (Å²) in [4.78, 5) is 35.0. The number of anilines is 1. The third-order valence-electron chi connectivity index (χ3n) is 5.00. The molecule has 3 heterocycles. The van der Waals surface area contributed by atoms with Crippen molar-refractivity contribution in [1.82, 2.24) is 4.90 Å². The number of ether oxygens (including phenoxy) is 2. The van der Waals surface area contributed by atoms with E-state index in [1.54, 1.807) is 29.2 Å². The maximum atomic E-state index is 13.3. The summed E-state index contributed by atoms with van der Waals surface area (Å²) in [6.07, 6.45) is 1.76. The van der Waals surface area contributed by atoms with Crippen molar-refractivity contribution < 1.29 is 19.1 Å². The van der Waals surface area contributed by atoms with Crippen molar-refractivity contribution in [1.29, 1.82) is 0 Å². The average Bonchev–Trinajstić information content (AvgIpc) is 3.42. The minimum atomic E-state index is -0.419. The number of morpholine rings is 1. The van der Waals surface area contributed by atoms with E-state index in [4.69, 9.17) is 21.1 Å². The van der Waals surface area contributed by atoms with Crippen molar-refractivity contribution in [2.75, 3.05) is 38.3 Å². The summed E-state index contributed by atoms with van der Waals surface area (Å²) in [5.74, 6) is 0.239. The first kappa shape index (κ1) is 22.8. The summed E-state index contributed by atoms with van der Waals surface area (Å²) in [6, 6.07) is 8.96. The summed E-state index contributed by atoms with van der Waals surface area (Å²) in [6.45, 7) is 4.03. The Bertz CT molecular complexity index is 1070. The van der Waals surface area contributed by atoms with E-state index in [0.29, 0.717) is 53.6 Å². The zero-order valence-corrected chi connectivity index (χ0v) is 20.0. The van der Waals surface area contributed by atoms with Gasteiger partial charge >= 0.3 is 0 Å². The normalized spacial score (nSPS) is 18.8. The first-order valence-corrected chi connectivity index (χ1v) is 12.2. The van der Waals surface area contributed by atoms with E-state index in [0.717, 1.165) is 4.88 Å². The fourth-order valence-corrected chi connectivity index (χ4v) is 5.27. The lowest BCUT2D eigenvalue weighted by molar-refractivity contribution is -0.134. The zero-order chi connectivity index (χ0) is 22.7. The van der Waals surface area contributed by atoms with Crippen LogP contribution in [0.1, 0.15) is 11.8 Å². The van der Waals surface area contributed by atoms with Crippen LogP contribution in [0.25, 0.3) is 6.08 Å². The van der Waals surface area contributed by atoms with Crippen LogP contribution in [-0.4, -0.2) is 60.5 Å². The maximum Gasteiger partial charge on any atom is 0.283 e. The highest BCUT2D eigenvalue weighted by Crippen LogP contribution is 2.35. The molecule has 1 atom stereocenters. The van der Waals surface area contributed by atoms with Crippen LogP contribution in [0.2, 0.25) is 5.02 Å². The van der Waals surface area contributed by atoms with E-state index < -0.39 is 5.25 Å². The second kappa shape index (κ2) is 10.1. The van der Waals surface area contributed by atoms with Gasteiger partial charge < -0.3 is 14.4 Å². The van der Waals surface area contributed by atoms with Crippen LogP contribution >= 0.6 is 34.7 Å². The Morgan fingerprint density at radius 1 is 1.34 bits per heavy atom. The molecule has 2 aromatic rings. The van der Waals surface area contributed by atoms with Crippen LogP contribution in [-0.2, 0) is 14.3 Å². The molecule has 1 aromatic heterocycles.